The summed E-state index contributed by atoms with van der Waals surface area (Å²) < 4.78 is 5.53. The SMILES string of the molecule is CCCCCN(C(=O)C(Cc1ccccc1)NC(=O)OC(C)(C)C)C(C(=O)Nc1c(C)cccc1C)c1ccccc1. The summed E-state index contributed by atoms with van der Waals surface area (Å²) in [6.07, 6.45) is 2.14. The highest BCUT2D eigenvalue weighted by Crippen LogP contribution is 2.28. The Morgan fingerprint density at radius 3 is 2.00 bits per heavy atom. The molecule has 3 aromatic carbocycles. The second-order valence-corrected chi connectivity index (χ2v) is 11.7. The molecule has 3 aromatic rings. The number of alkyl carbamates (subject to hydrolysis) is 1. The fourth-order valence-corrected chi connectivity index (χ4v) is 4.91. The molecule has 0 aliphatic heterocycles. The molecule has 0 saturated heterocycles. The summed E-state index contributed by atoms with van der Waals surface area (Å²) in [4.78, 5) is 43.3. The largest absolute Gasteiger partial charge is 0.444 e. The molecule has 2 N–H and O–H groups in total. The number of carbonyl (C=O) groups is 3. The number of para-hydroxylation sites is 1. The van der Waals surface area contributed by atoms with E-state index in [0.717, 1.165) is 35.2 Å². The van der Waals surface area contributed by atoms with Crippen LogP contribution in [-0.2, 0) is 20.7 Å². The van der Waals surface area contributed by atoms with E-state index in [-0.39, 0.29) is 18.2 Å². The second-order valence-electron chi connectivity index (χ2n) is 11.7. The van der Waals surface area contributed by atoms with Gasteiger partial charge >= 0.3 is 6.09 Å². The summed E-state index contributed by atoms with van der Waals surface area (Å²) in [5.41, 5.74) is 3.46. The average molecular weight is 572 g/mol. The Labute approximate surface area is 250 Å². The monoisotopic (exact) mass is 571 g/mol. The van der Waals surface area contributed by atoms with Gasteiger partial charge in [-0.2, -0.15) is 0 Å². The first-order valence-electron chi connectivity index (χ1n) is 14.8. The number of carbonyl (C=O) groups excluding carboxylic acids is 3. The van der Waals surface area contributed by atoms with Gasteiger partial charge in [0.2, 0.25) is 5.91 Å². The number of anilines is 1. The molecule has 3 rings (SSSR count). The molecule has 0 bridgehead atoms. The standard InChI is InChI=1S/C35H45N3O4/c1-7-8-15-23-38(33(40)29(24-27-19-11-9-12-20-27)36-34(41)42-35(4,5)6)31(28-21-13-10-14-22-28)32(39)37-30-25(2)17-16-18-26(30)3/h9-14,16-22,29,31H,7-8,15,23-24H2,1-6H3,(H,36,41)(H,37,39). The number of hydrogen-bond acceptors (Lipinski definition) is 4. The van der Waals surface area contributed by atoms with Gasteiger partial charge in [0.05, 0.1) is 0 Å². The van der Waals surface area contributed by atoms with Gasteiger partial charge in [0.15, 0.2) is 0 Å². The van der Waals surface area contributed by atoms with Gasteiger partial charge < -0.3 is 20.3 Å². The van der Waals surface area contributed by atoms with E-state index < -0.39 is 23.8 Å². The van der Waals surface area contributed by atoms with Gasteiger partial charge in [-0.1, -0.05) is 98.6 Å². The number of benzene rings is 3. The lowest BCUT2D eigenvalue weighted by molar-refractivity contribution is -0.140. The van der Waals surface area contributed by atoms with Crippen LogP contribution in [0.3, 0.4) is 0 Å². The van der Waals surface area contributed by atoms with Crippen LogP contribution in [0.1, 0.15) is 75.3 Å². The first-order valence-corrected chi connectivity index (χ1v) is 14.8. The minimum Gasteiger partial charge on any atom is -0.444 e. The van der Waals surface area contributed by atoms with Crippen molar-refractivity contribution in [2.75, 3.05) is 11.9 Å². The number of aryl methyl sites for hydroxylation is 2. The van der Waals surface area contributed by atoms with E-state index in [2.05, 4.69) is 17.6 Å². The predicted octanol–water partition coefficient (Wildman–Crippen LogP) is 7.14. The molecule has 0 saturated carbocycles. The van der Waals surface area contributed by atoms with E-state index in [4.69, 9.17) is 4.74 Å². The van der Waals surface area contributed by atoms with Crippen molar-refractivity contribution in [1.82, 2.24) is 10.2 Å². The fraction of sp³-hybridized carbons (Fsp3) is 0.400. The molecule has 224 valence electrons. The highest BCUT2D eigenvalue weighted by Gasteiger charge is 2.36. The van der Waals surface area contributed by atoms with Crippen molar-refractivity contribution in [1.29, 1.82) is 0 Å². The zero-order chi connectivity index (χ0) is 30.7. The first-order chi connectivity index (χ1) is 20.0. The van der Waals surface area contributed by atoms with E-state index >= 15 is 0 Å². The zero-order valence-corrected chi connectivity index (χ0v) is 25.8. The Balaban J connectivity index is 2.06. The molecular weight excluding hydrogens is 526 g/mol. The minimum absolute atomic E-state index is 0.253. The van der Waals surface area contributed by atoms with Crippen LogP contribution in [0.15, 0.2) is 78.9 Å². The normalized spacial score (nSPS) is 12.6. The van der Waals surface area contributed by atoms with Gasteiger partial charge in [-0.05, 0) is 63.3 Å². The summed E-state index contributed by atoms with van der Waals surface area (Å²) in [5, 5.41) is 5.94. The van der Waals surface area contributed by atoms with Crippen LogP contribution < -0.4 is 10.6 Å². The van der Waals surface area contributed by atoms with E-state index in [1.165, 1.54) is 0 Å². The van der Waals surface area contributed by atoms with Crippen molar-refractivity contribution in [3.63, 3.8) is 0 Å². The predicted molar refractivity (Wildman–Crippen MR) is 168 cm³/mol. The molecule has 7 heteroatoms. The molecule has 0 fully saturated rings. The summed E-state index contributed by atoms with van der Waals surface area (Å²) in [6.45, 7) is 11.7. The van der Waals surface area contributed by atoms with Crippen LogP contribution in [-0.4, -0.2) is 41.0 Å². The van der Waals surface area contributed by atoms with Crippen molar-refractivity contribution in [3.8, 4) is 0 Å². The Morgan fingerprint density at radius 2 is 1.43 bits per heavy atom. The van der Waals surface area contributed by atoms with E-state index in [1.54, 1.807) is 25.7 Å². The lowest BCUT2D eigenvalue weighted by Crippen LogP contribution is -2.53. The van der Waals surface area contributed by atoms with Crippen molar-refractivity contribution < 1.29 is 19.1 Å². The van der Waals surface area contributed by atoms with Crippen LogP contribution in [0.2, 0.25) is 0 Å². The number of nitrogens with zero attached hydrogens (tertiary/aromatic N) is 1. The van der Waals surface area contributed by atoms with Gasteiger partial charge in [-0.3, -0.25) is 9.59 Å². The number of amides is 3. The lowest BCUT2D eigenvalue weighted by Gasteiger charge is -2.35. The van der Waals surface area contributed by atoms with Crippen molar-refractivity contribution >= 4 is 23.6 Å². The molecule has 0 aliphatic rings. The van der Waals surface area contributed by atoms with Gasteiger partial charge in [0.25, 0.3) is 5.91 Å². The highest BCUT2D eigenvalue weighted by molar-refractivity contribution is 6.00. The summed E-state index contributed by atoms with van der Waals surface area (Å²) in [7, 11) is 0. The molecule has 0 aromatic heterocycles. The van der Waals surface area contributed by atoms with Crippen molar-refractivity contribution in [3.05, 3.63) is 101 Å². The average Bonchev–Trinajstić information content (AvgIpc) is 2.94. The molecule has 2 unspecified atom stereocenters. The molecule has 0 aliphatic carbocycles. The van der Waals surface area contributed by atoms with Crippen LogP contribution in [0.25, 0.3) is 0 Å². The van der Waals surface area contributed by atoms with Crippen molar-refractivity contribution in [2.45, 2.75) is 84.9 Å². The molecule has 0 spiro atoms. The quantitative estimate of drug-likeness (QED) is 0.226. The lowest BCUT2D eigenvalue weighted by atomic mass is 9.99. The molecule has 0 heterocycles. The molecule has 3 amide bonds. The minimum atomic E-state index is -0.942. The molecular formula is C35H45N3O4. The fourth-order valence-electron chi connectivity index (χ4n) is 4.91. The molecule has 2 atom stereocenters. The van der Waals surface area contributed by atoms with E-state index in [1.807, 2.05) is 92.7 Å². The zero-order valence-electron chi connectivity index (χ0n) is 25.8. The van der Waals surface area contributed by atoms with Crippen LogP contribution in [0.5, 0.6) is 0 Å². The third-order valence-electron chi connectivity index (χ3n) is 6.96. The topological polar surface area (TPSA) is 87.7 Å². The number of ether oxygens (including phenoxy) is 1. The summed E-state index contributed by atoms with van der Waals surface area (Å²) >= 11 is 0. The summed E-state index contributed by atoms with van der Waals surface area (Å²) in [6, 6.07) is 22.9. The number of rotatable bonds is 12. The Morgan fingerprint density at radius 1 is 0.833 bits per heavy atom. The number of unbranched alkanes of at least 4 members (excludes halogenated alkanes) is 2. The highest BCUT2D eigenvalue weighted by atomic mass is 16.6. The Hall–Kier alpha value is -4.13. The van der Waals surface area contributed by atoms with Crippen LogP contribution in [0.4, 0.5) is 10.5 Å². The maximum absolute atomic E-state index is 14.5. The number of nitrogens with one attached hydrogen (secondary N) is 2. The molecule has 42 heavy (non-hydrogen) atoms. The van der Waals surface area contributed by atoms with Crippen LogP contribution in [0, 0.1) is 13.8 Å². The van der Waals surface area contributed by atoms with Crippen molar-refractivity contribution in [2.24, 2.45) is 0 Å². The van der Waals surface area contributed by atoms with Gasteiger partial charge in [0.1, 0.15) is 17.7 Å². The van der Waals surface area contributed by atoms with Gasteiger partial charge in [0, 0.05) is 18.7 Å². The summed E-state index contributed by atoms with van der Waals surface area (Å²) in [5.74, 6) is -0.648. The first kappa shape index (κ1) is 32.4. The Bertz CT molecular complexity index is 1300. The molecule has 7 nitrogen and oxygen atoms in total. The third kappa shape index (κ3) is 9.47. The van der Waals surface area contributed by atoms with Crippen LogP contribution >= 0.6 is 0 Å². The third-order valence-corrected chi connectivity index (χ3v) is 6.96. The second kappa shape index (κ2) is 15.2. The maximum atomic E-state index is 14.5. The van der Waals surface area contributed by atoms with Gasteiger partial charge in [-0.25, -0.2) is 4.79 Å². The van der Waals surface area contributed by atoms with E-state index in [9.17, 15) is 14.4 Å². The molecule has 0 radical (unpaired) electrons. The Kier molecular flexibility index (Phi) is 11.7. The number of hydrogen-bond donors (Lipinski definition) is 2. The maximum Gasteiger partial charge on any atom is 0.408 e. The van der Waals surface area contributed by atoms with Gasteiger partial charge in [-0.15, -0.1) is 0 Å². The van der Waals surface area contributed by atoms with E-state index in [0.29, 0.717) is 18.5 Å². The smallest absolute Gasteiger partial charge is 0.408 e.